The Labute approximate surface area is 112 Å². The number of ether oxygens (including phenoxy) is 1. The van der Waals surface area contributed by atoms with Gasteiger partial charge in [0.25, 0.3) is 0 Å². The number of carbonyl (C=O) groups is 1. The van der Waals surface area contributed by atoms with Crippen molar-refractivity contribution in [2.75, 3.05) is 12.4 Å². The van der Waals surface area contributed by atoms with Crippen molar-refractivity contribution in [3.63, 3.8) is 0 Å². The van der Waals surface area contributed by atoms with E-state index < -0.39 is 0 Å². The molecule has 1 heterocycles. The Morgan fingerprint density at radius 1 is 1.47 bits per heavy atom. The van der Waals surface area contributed by atoms with Gasteiger partial charge in [-0.25, -0.2) is 4.79 Å². The summed E-state index contributed by atoms with van der Waals surface area (Å²) in [6.45, 7) is 3.58. The number of hydrogen-bond acceptors (Lipinski definition) is 4. The van der Waals surface area contributed by atoms with E-state index in [1.807, 2.05) is 36.1 Å². The molecule has 5 heteroatoms. The number of esters is 1. The summed E-state index contributed by atoms with van der Waals surface area (Å²) in [6.07, 6.45) is 3.83. The summed E-state index contributed by atoms with van der Waals surface area (Å²) >= 11 is 0. The summed E-state index contributed by atoms with van der Waals surface area (Å²) < 4.78 is 6.57. The second-order valence-electron chi connectivity index (χ2n) is 4.13. The van der Waals surface area contributed by atoms with E-state index in [-0.39, 0.29) is 5.97 Å². The van der Waals surface area contributed by atoms with Gasteiger partial charge >= 0.3 is 5.97 Å². The van der Waals surface area contributed by atoms with Crippen molar-refractivity contribution in [3.8, 4) is 0 Å². The molecule has 1 aromatic heterocycles. The SMILES string of the molecule is CCn1cc(CNc2cccc(C(=O)OC)c2)cn1. The topological polar surface area (TPSA) is 56.2 Å². The molecule has 0 aliphatic carbocycles. The molecule has 0 spiro atoms. The van der Waals surface area contributed by atoms with Crippen LogP contribution in [0.3, 0.4) is 0 Å². The summed E-state index contributed by atoms with van der Waals surface area (Å²) in [7, 11) is 1.38. The fraction of sp³-hybridized carbons (Fsp3) is 0.286. The average Bonchev–Trinajstić information content (AvgIpc) is 2.92. The number of hydrogen-bond donors (Lipinski definition) is 1. The number of aromatic nitrogens is 2. The van der Waals surface area contributed by atoms with Crippen molar-refractivity contribution >= 4 is 11.7 Å². The van der Waals surface area contributed by atoms with Crippen LogP contribution in [0.1, 0.15) is 22.8 Å². The lowest BCUT2D eigenvalue weighted by molar-refractivity contribution is 0.0601. The Morgan fingerprint density at radius 3 is 3.00 bits per heavy atom. The first-order valence-corrected chi connectivity index (χ1v) is 6.16. The smallest absolute Gasteiger partial charge is 0.337 e. The Morgan fingerprint density at radius 2 is 2.32 bits per heavy atom. The molecule has 0 saturated heterocycles. The minimum atomic E-state index is -0.331. The van der Waals surface area contributed by atoms with E-state index in [9.17, 15) is 4.79 Å². The van der Waals surface area contributed by atoms with E-state index in [4.69, 9.17) is 4.74 Å². The Bertz CT molecular complexity index is 563. The molecule has 0 amide bonds. The number of benzene rings is 1. The van der Waals surface area contributed by atoms with Gasteiger partial charge in [-0.3, -0.25) is 4.68 Å². The van der Waals surface area contributed by atoms with Gasteiger partial charge in [0, 0.05) is 30.5 Å². The van der Waals surface area contributed by atoms with Crippen molar-refractivity contribution in [2.45, 2.75) is 20.0 Å². The lowest BCUT2D eigenvalue weighted by Crippen LogP contribution is -2.03. The average molecular weight is 259 g/mol. The van der Waals surface area contributed by atoms with Gasteiger partial charge in [-0.2, -0.15) is 5.10 Å². The zero-order valence-corrected chi connectivity index (χ0v) is 11.1. The summed E-state index contributed by atoms with van der Waals surface area (Å²) in [5, 5.41) is 7.47. The Hall–Kier alpha value is -2.30. The van der Waals surface area contributed by atoms with Crippen LogP contribution >= 0.6 is 0 Å². The molecule has 1 N–H and O–H groups in total. The quantitative estimate of drug-likeness (QED) is 0.837. The molecule has 0 unspecified atom stereocenters. The van der Waals surface area contributed by atoms with Crippen LogP contribution in [0, 0.1) is 0 Å². The van der Waals surface area contributed by atoms with Crippen LogP contribution in [0.25, 0.3) is 0 Å². The molecular formula is C14H17N3O2. The largest absolute Gasteiger partial charge is 0.465 e. The number of aryl methyl sites for hydroxylation is 1. The molecule has 19 heavy (non-hydrogen) atoms. The normalized spacial score (nSPS) is 10.2. The number of nitrogens with zero attached hydrogens (tertiary/aromatic N) is 2. The molecule has 0 fully saturated rings. The maximum Gasteiger partial charge on any atom is 0.337 e. The van der Waals surface area contributed by atoms with Crippen molar-refractivity contribution in [2.24, 2.45) is 0 Å². The van der Waals surface area contributed by atoms with Crippen molar-refractivity contribution < 1.29 is 9.53 Å². The van der Waals surface area contributed by atoms with Gasteiger partial charge in [-0.05, 0) is 25.1 Å². The van der Waals surface area contributed by atoms with Crippen molar-refractivity contribution in [3.05, 3.63) is 47.8 Å². The summed E-state index contributed by atoms with van der Waals surface area (Å²) in [4.78, 5) is 11.4. The standard InChI is InChI=1S/C14H17N3O2/c1-3-17-10-11(9-16-17)8-15-13-6-4-5-12(7-13)14(18)19-2/h4-7,9-10,15H,3,8H2,1-2H3. The third kappa shape index (κ3) is 3.34. The van der Waals surface area contributed by atoms with Gasteiger partial charge in [0.2, 0.25) is 0 Å². The van der Waals surface area contributed by atoms with Crippen LogP contribution in [0.4, 0.5) is 5.69 Å². The Kier molecular flexibility index (Phi) is 4.18. The molecule has 0 aliphatic rings. The third-order valence-electron chi connectivity index (χ3n) is 2.79. The number of rotatable bonds is 5. The molecule has 1 aromatic carbocycles. The van der Waals surface area contributed by atoms with E-state index in [2.05, 4.69) is 10.4 Å². The molecule has 2 rings (SSSR count). The molecule has 100 valence electrons. The fourth-order valence-corrected chi connectivity index (χ4v) is 1.75. The van der Waals surface area contributed by atoms with E-state index in [0.29, 0.717) is 12.1 Å². The lowest BCUT2D eigenvalue weighted by atomic mass is 10.2. The monoisotopic (exact) mass is 259 g/mol. The van der Waals surface area contributed by atoms with Crippen LogP contribution in [0.5, 0.6) is 0 Å². The Balaban J connectivity index is 2.01. The fourth-order valence-electron chi connectivity index (χ4n) is 1.75. The van der Waals surface area contributed by atoms with Gasteiger partial charge in [0.15, 0.2) is 0 Å². The van der Waals surface area contributed by atoms with Crippen LogP contribution in [0.2, 0.25) is 0 Å². The van der Waals surface area contributed by atoms with Gasteiger partial charge in [0.05, 0.1) is 18.9 Å². The van der Waals surface area contributed by atoms with E-state index in [1.165, 1.54) is 7.11 Å². The third-order valence-corrected chi connectivity index (χ3v) is 2.79. The number of anilines is 1. The minimum absolute atomic E-state index is 0.331. The highest BCUT2D eigenvalue weighted by Crippen LogP contribution is 2.12. The summed E-state index contributed by atoms with van der Waals surface area (Å²) in [5.74, 6) is -0.331. The zero-order valence-electron chi connectivity index (χ0n) is 11.1. The maximum absolute atomic E-state index is 11.4. The second kappa shape index (κ2) is 6.04. The second-order valence-corrected chi connectivity index (χ2v) is 4.13. The number of methoxy groups -OCH3 is 1. The number of carbonyl (C=O) groups excluding carboxylic acids is 1. The van der Waals surface area contributed by atoms with Gasteiger partial charge in [0.1, 0.15) is 0 Å². The van der Waals surface area contributed by atoms with E-state index in [0.717, 1.165) is 17.8 Å². The predicted molar refractivity (Wildman–Crippen MR) is 73.0 cm³/mol. The highest BCUT2D eigenvalue weighted by molar-refractivity contribution is 5.90. The highest BCUT2D eigenvalue weighted by atomic mass is 16.5. The summed E-state index contributed by atoms with van der Waals surface area (Å²) in [5.41, 5.74) is 2.52. The first kappa shape index (κ1) is 13.1. The molecule has 5 nitrogen and oxygen atoms in total. The molecule has 0 aliphatic heterocycles. The first-order valence-electron chi connectivity index (χ1n) is 6.16. The van der Waals surface area contributed by atoms with Crippen LogP contribution in [0.15, 0.2) is 36.7 Å². The zero-order chi connectivity index (χ0) is 13.7. The van der Waals surface area contributed by atoms with Crippen molar-refractivity contribution in [1.29, 1.82) is 0 Å². The van der Waals surface area contributed by atoms with E-state index in [1.54, 1.807) is 12.1 Å². The molecule has 0 saturated carbocycles. The van der Waals surface area contributed by atoms with Gasteiger partial charge in [-0.15, -0.1) is 0 Å². The van der Waals surface area contributed by atoms with Gasteiger partial charge in [-0.1, -0.05) is 6.07 Å². The van der Waals surface area contributed by atoms with Crippen LogP contribution in [-0.4, -0.2) is 22.9 Å². The molecule has 2 aromatic rings. The van der Waals surface area contributed by atoms with Crippen molar-refractivity contribution in [1.82, 2.24) is 9.78 Å². The molecule has 0 radical (unpaired) electrons. The number of nitrogens with one attached hydrogen (secondary N) is 1. The lowest BCUT2D eigenvalue weighted by Gasteiger charge is -2.06. The molecule has 0 bridgehead atoms. The molecule has 0 atom stereocenters. The van der Waals surface area contributed by atoms with E-state index >= 15 is 0 Å². The maximum atomic E-state index is 11.4. The summed E-state index contributed by atoms with van der Waals surface area (Å²) in [6, 6.07) is 7.24. The van der Waals surface area contributed by atoms with Crippen LogP contribution in [-0.2, 0) is 17.8 Å². The minimum Gasteiger partial charge on any atom is -0.465 e. The van der Waals surface area contributed by atoms with Crippen LogP contribution < -0.4 is 5.32 Å². The predicted octanol–water partition coefficient (Wildman–Crippen LogP) is 2.30. The first-order chi connectivity index (χ1) is 9.22. The molecular weight excluding hydrogens is 242 g/mol. The highest BCUT2D eigenvalue weighted by Gasteiger charge is 2.05. The van der Waals surface area contributed by atoms with Gasteiger partial charge < -0.3 is 10.1 Å².